The Morgan fingerprint density at radius 1 is 0.935 bits per heavy atom. The lowest BCUT2D eigenvalue weighted by Gasteiger charge is -2.37. The van der Waals surface area contributed by atoms with E-state index in [9.17, 15) is 14.4 Å². The molecule has 5 nitrogen and oxygen atoms in total. The van der Waals surface area contributed by atoms with E-state index in [-0.39, 0.29) is 41.4 Å². The van der Waals surface area contributed by atoms with E-state index in [0.29, 0.717) is 23.1 Å². The minimum Gasteiger partial charge on any atom is -0.322 e. The number of nitrogens with one attached hydrogen (secondary N) is 1. The molecule has 5 aliphatic rings. The number of amides is 3. The van der Waals surface area contributed by atoms with Gasteiger partial charge < -0.3 is 5.32 Å². The van der Waals surface area contributed by atoms with Crippen molar-refractivity contribution in [3.8, 4) is 0 Å². The predicted molar refractivity (Wildman–Crippen MR) is 118 cm³/mol. The number of carbonyl (C=O) groups excluding carboxylic acids is 3. The first-order chi connectivity index (χ1) is 14.9. The standard InChI is InChI=1S/C26H24N2O3/c1-13-6-9-21(14(2)10-13)27-24(29)15-4-3-5-16(11-15)28-25(30)22-17-7-8-18(20-12-19(17)20)23(22)26(28)31/h3-11,17-20,22-23H,12H2,1-2H3,(H,27,29)/t17-,18+,19-,20-,22+,23+/m1/s1. The van der Waals surface area contributed by atoms with Crippen LogP contribution in [-0.4, -0.2) is 17.7 Å². The highest BCUT2D eigenvalue weighted by molar-refractivity contribution is 6.23. The molecule has 6 atom stereocenters. The van der Waals surface area contributed by atoms with Gasteiger partial charge in [-0.25, -0.2) is 4.90 Å². The van der Waals surface area contributed by atoms with Gasteiger partial charge in [0.25, 0.3) is 5.91 Å². The van der Waals surface area contributed by atoms with Crippen LogP contribution in [0, 0.1) is 49.4 Å². The van der Waals surface area contributed by atoms with E-state index < -0.39 is 0 Å². The van der Waals surface area contributed by atoms with Crippen molar-refractivity contribution in [3.05, 3.63) is 71.3 Å². The number of nitrogens with zero attached hydrogens (tertiary/aromatic N) is 1. The molecule has 1 heterocycles. The molecule has 7 rings (SSSR count). The zero-order valence-corrected chi connectivity index (χ0v) is 17.5. The van der Waals surface area contributed by atoms with Crippen LogP contribution in [0.5, 0.6) is 0 Å². The first-order valence-electron chi connectivity index (χ1n) is 11.0. The molecule has 3 fully saturated rings. The SMILES string of the molecule is Cc1ccc(NC(=O)c2cccc(N3C(=O)[C@H]4[C@@H]5C=C[C@@H]([C@H]6C[C@H]56)[C@@H]4C3=O)c2)c(C)c1. The smallest absolute Gasteiger partial charge is 0.255 e. The first-order valence-corrected chi connectivity index (χ1v) is 11.0. The van der Waals surface area contributed by atoms with Crippen LogP contribution in [-0.2, 0) is 9.59 Å². The molecule has 2 aromatic carbocycles. The summed E-state index contributed by atoms with van der Waals surface area (Å²) < 4.78 is 0. The molecule has 5 heteroatoms. The number of rotatable bonds is 3. The number of allylic oxidation sites excluding steroid dienone is 2. The summed E-state index contributed by atoms with van der Waals surface area (Å²) >= 11 is 0. The molecule has 0 spiro atoms. The highest BCUT2D eigenvalue weighted by Gasteiger charge is 2.67. The Labute approximate surface area is 181 Å². The van der Waals surface area contributed by atoms with Gasteiger partial charge >= 0.3 is 0 Å². The molecule has 0 unspecified atom stereocenters. The van der Waals surface area contributed by atoms with Gasteiger partial charge in [0.2, 0.25) is 11.8 Å². The van der Waals surface area contributed by atoms with Crippen molar-refractivity contribution in [2.45, 2.75) is 20.3 Å². The minimum absolute atomic E-state index is 0.105. The summed E-state index contributed by atoms with van der Waals surface area (Å²) in [4.78, 5) is 40.9. The average Bonchev–Trinajstić information content (AvgIpc) is 3.53. The Morgan fingerprint density at radius 2 is 1.61 bits per heavy atom. The fraction of sp³-hybridized carbons (Fsp3) is 0.346. The Bertz CT molecular complexity index is 1150. The van der Waals surface area contributed by atoms with E-state index in [1.54, 1.807) is 24.3 Å². The van der Waals surface area contributed by atoms with E-state index in [4.69, 9.17) is 0 Å². The number of benzene rings is 2. The van der Waals surface area contributed by atoms with Gasteiger partial charge in [-0.3, -0.25) is 14.4 Å². The maximum absolute atomic E-state index is 13.3. The Morgan fingerprint density at radius 3 is 2.26 bits per heavy atom. The lowest BCUT2D eigenvalue weighted by Crippen LogP contribution is -2.40. The molecule has 3 amide bonds. The zero-order chi connectivity index (χ0) is 21.4. The summed E-state index contributed by atoms with van der Waals surface area (Å²) in [6, 6.07) is 12.7. The summed E-state index contributed by atoms with van der Waals surface area (Å²) in [5.41, 5.74) is 3.79. The molecular weight excluding hydrogens is 388 g/mol. The predicted octanol–water partition coefficient (Wildman–Crippen LogP) is 4.11. The van der Waals surface area contributed by atoms with Gasteiger partial charge in [0.15, 0.2) is 0 Å². The molecule has 2 aromatic rings. The third-order valence-electron chi connectivity index (χ3n) is 7.66. The van der Waals surface area contributed by atoms with Crippen LogP contribution in [0.25, 0.3) is 0 Å². The van der Waals surface area contributed by atoms with E-state index in [2.05, 4.69) is 17.5 Å². The Kier molecular flexibility index (Phi) is 3.83. The van der Waals surface area contributed by atoms with E-state index >= 15 is 0 Å². The number of hydrogen-bond donors (Lipinski definition) is 1. The number of imide groups is 1. The molecule has 4 aliphatic carbocycles. The topological polar surface area (TPSA) is 66.5 Å². The number of carbonyl (C=O) groups is 3. The van der Waals surface area contributed by atoms with Crippen molar-refractivity contribution in [2.24, 2.45) is 35.5 Å². The third-order valence-corrected chi connectivity index (χ3v) is 7.66. The highest BCUT2D eigenvalue weighted by atomic mass is 16.2. The van der Waals surface area contributed by atoms with Crippen molar-refractivity contribution >= 4 is 29.1 Å². The van der Waals surface area contributed by atoms with Crippen LogP contribution in [0.2, 0.25) is 0 Å². The van der Waals surface area contributed by atoms with Gasteiger partial charge in [-0.2, -0.15) is 0 Å². The summed E-state index contributed by atoms with van der Waals surface area (Å²) in [7, 11) is 0. The zero-order valence-electron chi connectivity index (χ0n) is 17.5. The van der Waals surface area contributed by atoms with Gasteiger partial charge in [0.05, 0.1) is 17.5 Å². The quantitative estimate of drug-likeness (QED) is 0.609. The van der Waals surface area contributed by atoms with Crippen LogP contribution >= 0.6 is 0 Å². The second-order valence-electron chi connectivity index (χ2n) is 9.49. The maximum atomic E-state index is 13.3. The monoisotopic (exact) mass is 412 g/mol. The number of anilines is 2. The molecule has 1 saturated heterocycles. The fourth-order valence-electron chi connectivity index (χ4n) is 6.15. The normalized spacial score (nSPS) is 32.1. The Hall–Kier alpha value is -3.21. The summed E-state index contributed by atoms with van der Waals surface area (Å²) in [5, 5.41) is 2.94. The van der Waals surface area contributed by atoms with Crippen molar-refractivity contribution in [2.75, 3.05) is 10.2 Å². The van der Waals surface area contributed by atoms with Gasteiger partial charge in [0, 0.05) is 11.3 Å². The van der Waals surface area contributed by atoms with Crippen LogP contribution in [0.15, 0.2) is 54.6 Å². The minimum atomic E-state index is -0.256. The lowest BCUT2D eigenvalue weighted by atomic mass is 9.63. The fourth-order valence-corrected chi connectivity index (χ4v) is 6.15. The Balaban J connectivity index is 1.28. The third kappa shape index (κ3) is 2.65. The van der Waals surface area contributed by atoms with Gasteiger partial charge in [-0.15, -0.1) is 0 Å². The van der Waals surface area contributed by atoms with E-state index in [1.165, 1.54) is 4.90 Å². The molecule has 1 N–H and O–H groups in total. The van der Waals surface area contributed by atoms with Crippen molar-refractivity contribution in [1.29, 1.82) is 0 Å². The highest BCUT2D eigenvalue weighted by Crippen LogP contribution is 2.65. The molecule has 156 valence electrons. The molecular formula is C26H24N2O3. The van der Waals surface area contributed by atoms with Crippen LogP contribution < -0.4 is 10.2 Å². The van der Waals surface area contributed by atoms with Crippen LogP contribution in [0.1, 0.15) is 27.9 Å². The molecule has 0 aromatic heterocycles. The maximum Gasteiger partial charge on any atom is 0.255 e. The second kappa shape index (κ2) is 6.39. The lowest BCUT2D eigenvalue weighted by molar-refractivity contribution is -0.124. The largest absolute Gasteiger partial charge is 0.322 e. The van der Waals surface area contributed by atoms with Gasteiger partial charge in [-0.1, -0.05) is 35.9 Å². The van der Waals surface area contributed by atoms with Gasteiger partial charge in [-0.05, 0) is 73.8 Å². The average molecular weight is 412 g/mol. The van der Waals surface area contributed by atoms with Crippen LogP contribution in [0.4, 0.5) is 11.4 Å². The molecule has 2 saturated carbocycles. The molecule has 2 bridgehead atoms. The molecule has 31 heavy (non-hydrogen) atoms. The molecule has 1 aliphatic heterocycles. The van der Waals surface area contributed by atoms with E-state index in [1.807, 2.05) is 32.0 Å². The molecule has 0 radical (unpaired) electrons. The summed E-state index contributed by atoms with van der Waals surface area (Å²) in [5.74, 6) is 0.588. The summed E-state index contributed by atoms with van der Waals surface area (Å²) in [6.07, 6.45) is 5.48. The van der Waals surface area contributed by atoms with Crippen molar-refractivity contribution in [1.82, 2.24) is 0 Å². The van der Waals surface area contributed by atoms with Crippen molar-refractivity contribution < 1.29 is 14.4 Å². The van der Waals surface area contributed by atoms with E-state index in [0.717, 1.165) is 23.2 Å². The second-order valence-corrected chi connectivity index (χ2v) is 9.49. The van der Waals surface area contributed by atoms with Gasteiger partial charge in [0.1, 0.15) is 0 Å². The first kappa shape index (κ1) is 18.6. The van der Waals surface area contributed by atoms with Crippen LogP contribution in [0.3, 0.4) is 0 Å². The number of hydrogen-bond acceptors (Lipinski definition) is 3. The summed E-state index contributed by atoms with van der Waals surface area (Å²) in [6.45, 7) is 3.96. The number of aryl methyl sites for hydroxylation is 2. The van der Waals surface area contributed by atoms with Crippen molar-refractivity contribution in [3.63, 3.8) is 0 Å².